The van der Waals surface area contributed by atoms with E-state index in [0.29, 0.717) is 0 Å². The second-order valence-corrected chi connectivity index (χ2v) is 7.42. The van der Waals surface area contributed by atoms with Crippen LogP contribution in [0.4, 0.5) is 11.4 Å². The molecular weight excluding hydrogens is 318 g/mol. The van der Waals surface area contributed by atoms with Crippen molar-refractivity contribution in [3.8, 4) is 11.1 Å². The number of fused-ring (bicyclic) bond motifs is 1. The molecule has 2 N–H and O–H groups in total. The highest BCUT2D eigenvalue weighted by molar-refractivity contribution is 5.73. The lowest BCUT2D eigenvalue weighted by molar-refractivity contribution is 0.159. The van der Waals surface area contributed by atoms with Gasteiger partial charge in [0.2, 0.25) is 0 Å². The van der Waals surface area contributed by atoms with Gasteiger partial charge in [0.15, 0.2) is 0 Å². The second kappa shape index (κ2) is 6.97. The molecule has 4 rings (SSSR count). The van der Waals surface area contributed by atoms with Crippen molar-refractivity contribution in [2.45, 2.75) is 39.2 Å². The number of aliphatic hydroxyl groups excluding tert-OH is 1. The van der Waals surface area contributed by atoms with Crippen molar-refractivity contribution >= 4 is 11.4 Å². The first-order chi connectivity index (χ1) is 12.6. The van der Waals surface area contributed by atoms with Crippen LogP contribution in [-0.4, -0.2) is 11.2 Å². The van der Waals surface area contributed by atoms with Crippen LogP contribution >= 0.6 is 0 Å². The van der Waals surface area contributed by atoms with Crippen molar-refractivity contribution in [2.24, 2.45) is 0 Å². The minimum atomic E-state index is -0.230. The Labute approximate surface area is 155 Å². The average molecular weight is 343 g/mol. The van der Waals surface area contributed by atoms with E-state index in [9.17, 15) is 5.11 Å². The van der Waals surface area contributed by atoms with E-state index in [1.165, 1.54) is 33.4 Å². The summed E-state index contributed by atoms with van der Waals surface area (Å²) in [6.07, 6.45) is 2.31. The molecule has 26 heavy (non-hydrogen) atoms. The van der Waals surface area contributed by atoms with Crippen molar-refractivity contribution in [3.63, 3.8) is 0 Å². The quantitative estimate of drug-likeness (QED) is 0.652. The molecule has 0 heterocycles. The summed E-state index contributed by atoms with van der Waals surface area (Å²) >= 11 is 0. The lowest BCUT2D eigenvalue weighted by Gasteiger charge is -2.24. The van der Waals surface area contributed by atoms with Gasteiger partial charge in [0, 0.05) is 17.8 Å². The highest BCUT2D eigenvalue weighted by Crippen LogP contribution is 2.32. The lowest BCUT2D eigenvalue weighted by atomic mass is 9.88. The largest absolute Gasteiger partial charge is 0.393 e. The normalized spacial score (nSPS) is 16.2. The van der Waals surface area contributed by atoms with E-state index in [1.807, 2.05) is 0 Å². The van der Waals surface area contributed by atoms with Gasteiger partial charge in [-0.25, -0.2) is 0 Å². The topological polar surface area (TPSA) is 32.3 Å². The van der Waals surface area contributed by atoms with E-state index in [0.717, 1.165) is 30.6 Å². The summed E-state index contributed by atoms with van der Waals surface area (Å²) in [5.74, 6) is 0. The zero-order chi connectivity index (χ0) is 18.1. The van der Waals surface area contributed by atoms with E-state index in [1.54, 1.807) is 0 Å². The fourth-order valence-corrected chi connectivity index (χ4v) is 3.96. The molecule has 132 valence electrons. The van der Waals surface area contributed by atoms with Gasteiger partial charge < -0.3 is 10.4 Å². The zero-order valence-corrected chi connectivity index (χ0v) is 15.4. The highest BCUT2D eigenvalue weighted by atomic mass is 16.3. The number of anilines is 2. The summed E-state index contributed by atoms with van der Waals surface area (Å²) in [5.41, 5.74) is 9.82. The zero-order valence-electron chi connectivity index (χ0n) is 15.4. The number of aliphatic hydroxyl groups is 1. The van der Waals surface area contributed by atoms with E-state index in [-0.39, 0.29) is 6.10 Å². The number of rotatable bonds is 3. The van der Waals surface area contributed by atoms with Crippen LogP contribution in [0, 0.1) is 13.8 Å². The number of hydrogen-bond donors (Lipinski definition) is 2. The van der Waals surface area contributed by atoms with Gasteiger partial charge in [-0.05, 0) is 67.1 Å². The van der Waals surface area contributed by atoms with Gasteiger partial charge in [0.25, 0.3) is 0 Å². The molecule has 3 aromatic carbocycles. The Kier molecular flexibility index (Phi) is 4.52. The lowest BCUT2D eigenvalue weighted by Crippen LogP contribution is -2.19. The minimum Gasteiger partial charge on any atom is -0.393 e. The smallest absolute Gasteiger partial charge is 0.0584 e. The molecule has 3 aromatic rings. The second-order valence-electron chi connectivity index (χ2n) is 7.42. The fourth-order valence-electron chi connectivity index (χ4n) is 3.96. The molecule has 2 heteroatoms. The van der Waals surface area contributed by atoms with Gasteiger partial charge in [-0.3, -0.25) is 0 Å². The van der Waals surface area contributed by atoms with Crippen molar-refractivity contribution in [1.29, 1.82) is 0 Å². The molecule has 0 bridgehead atoms. The number of benzene rings is 3. The monoisotopic (exact) mass is 343 g/mol. The maximum atomic E-state index is 10.1. The van der Waals surface area contributed by atoms with Crippen LogP contribution in [0.1, 0.15) is 28.7 Å². The molecule has 0 amide bonds. The van der Waals surface area contributed by atoms with Crippen molar-refractivity contribution in [2.75, 3.05) is 5.32 Å². The first kappa shape index (κ1) is 16.9. The molecule has 0 aliphatic heterocycles. The van der Waals surface area contributed by atoms with Crippen molar-refractivity contribution < 1.29 is 5.11 Å². The van der Waals surface area contributed by atoms with Gasteiger partial charge in [0.05, 0.1) is 6.10 Å². The molecule has 1 atom stereocenters. The molecule has 0 saturated heterocycles. The third-order valence-corrected chi connectivity index (χ3v) is 5.16. The Morgan fingerprint density at radius 1 is 0.885 bits per heavy atom. The molecule has 0 fully saturated rings. The fraction of sp³-hybridized carbons (Fsp3) is 0.250. The third-order valence-electron chi connectivity index (χ3n) is 5.16. The molecule has 2 nitrogen and oxygen atoms in total. The van der Waals surface area contributed by atoms with Gasteiger partial charge >= 0.3 is 0 Å². The predicted octanol–water partition coefficient (Wildman–Crippen LogP) is 5.56. The summed E-state index contributed by atoms with van der Waals surface area (Å²) in [5, 5.41) is 13.6. The molecule has 0 spiro atoms. The van der Waals surface area contributed by atoms with Crippen LogP contribution < -0.4 is 5.32 Å². The van der Waals surface area contributed by atoms with E-state index in [2.05, 4.69) is 79.8 Å². The van der Waals surface area contributed by atoms with Gasteiger partial charge in [-0.2, -0.15) is 0 Å². The average Bonchev–Trinajstić information content (AvgIpc) is 2.62. The number of nitrogens with one attached hydrogen (secondary N) is 1. The number of hydrogen-bond acceptors (Lipinski definition) is 2. The summed E-state index contributed by atoms with van der Waals surface area (Å²) in [6, 6.07) is 21.6. The van der Waals surface area contributed by atoms with Crippen LogP contribution in [0.15, 0.2) is 60.7 Å². The SMILES string of the molecule is Cc1cc(C)cc(-c2cccc(Nc3cccc4c3CC(O)CC4)c2)c1. The van der Waals surface area contributed by atoms with Gasteiger partial charge in [-0.15, -0.1) is 0 Å². The van der Waals surface area contributed by atoms with Crippen molar-refractivity contribution in [1.82, 2.24) is 0 Å². The van der Waals surface area contributed by atoms with Crippen LogP contribution in [-0.2, 0) is 12.8 Å². The molecule has 1 aliphatic rings. The summed E-state index contributed by atoms with van der Waals surface area (Å²) in [7, 11) is 0. The van der Waals surface area contributed by atoms with E-state index in [4.69, 9.17) is 0 Å². The van der Waals surface area contributed by atoms with Crippen LogP contribution in [0.25, 0.3) is 11.1 Å². The number of aryl methyl sites for hydroxylation is 3. The predicted molar refractivity (Wildman–Crippen MR) is 109 cm³/mol. The third kappa shape index (κ3) is 3.51. The minimum absolute atomic E-state index is 0.230. The molecular formula is C24H25NO. The standard InChI is InChI=1S/C24H25NO/c1-16-11-17(2)13-20(12-16)19-6-3-7-21(14-19)25-24-8-4-5-18-9-10-22(26)15-23(18)24/h3-8,11-14,22,25-26H,9-10,15H2,1-2H3. The van der Waals surface area contributed by atoms with E-state index < -0.39 is 0 Å². The Hall–Kier alpha value is -2.58. The van der Waals surface area contributed by atoms with E-state index >= 15 is 0 Å². The Bertz CT molecular complexity index is 924. The maximum Gasteiger partial charge on any atom is 0.0584 e. The van der Waals surface area contributed by atoms with Crippen LogP contribution in [0.3, 0.4) is 0 Å². The van der Waals surface area contributed by atoms with Crippen LogP contribution in [0.2, 0.25) is 0 Å². The molecule has 0 radical (unpaired) electrons. The van der Waals surface area contributed by atoms with Gasteiger partial charge in [-0.1, -0.05) is 53.6 Å². The molecule has 0 saturated carbocycles. The van der Waals surface area contributed by atoms with Crippen molar-refractivity contribution in [3.05, 3.63) is 82.9 Å². The summed E-state index contributed by atoms with van der Waals surface area (Å²) < 4.78 is 0. The molecule has 1 unspecified atom stereocenters. The Balaban J connectivity index is 1.66. The van der Waals surface area contributed by atoms with Crippen LogP contribution in [0.5, 0.6) is 0 Å². The first-order valence-corrected chi connectivity index (χ1v) is 9.33. The Morgan fingerprint density at radius 3 is 2.46 bits per heavy atom. The van der Waals surface area contributed by atoms with Gasteiger partial charge in [0.1, 0.15) is 0 Å². The molecule has 1 aliphatic carbocycles. The highest BCUT2D eigenvalue weighted by Gasteiger charge is 2.19. The maximum absolute atomic E-state index is 10.1. The molecule has 0 aromatic heterocycles. The summed E-state index contributed by atoms with van der Waals surface area (Å²) in [4.78, 5) is 0. The Morgan fingerprint density at radius 2 is 1.65 bits per heavy atom. The summed E-state index contributed by atoms with van der Waals surface area (Å²) in [6.45, 7) is 4.28. The first-order valence-electron chi connectivity index (χ1n) is 9.33.